The van der Waals surface area contributed by atoms with E-state index >= 15 is 0 Å². The van der Waals surface area contributed by atoms with E-state index in [1.54, 1.807) is 16.9 Å². The van der Waals surface area contributed by atoms with E-state index < -0.39 is 0 Å². The molecule has 2 aliphatic heterocycles. The standard InChI is InChI=1S/C16H25N3O3/c1-4-13-9-18(10-16(22-13)6-8-21-11-16)15(20)14-5-7-17-19(14)12(2)3/h5,7,12-13H,4,6,8-11H2,1-3H3. The lowest BCUT2D eigenvalue weighted by atomic mass is 9.98. The second-order valence-corrected chi connectivity index (χ2v) is 6.57. The van der Waals surface area contributed by atoms with Crippen LogP contribution in [0.4, 0.5) is 0 Å². The number of carbonyl (C=O) groups is 1. The summed E-state index contributed by atoms with van der Waals surface area (Å²) in [6.07, 6.45) is 3.53. The van der Waals surface area contributed by atoms with Crippen molar-refractivity contribution < 1.29 is 14.3 Å². The first-order valence-corrected chi connectivity index (χ1v) is 8.13. The van der Waals surface area contributed by atoms with Gasteiger partial charge in [-0.25, -0.2) is 0 Å². The van der Waals surface area contributed by atoms with Crippen molar-refractivity contribution in [2.45, 2.75) is 51.4 Å². The van der Waals surface area contributed by atoms with Gasteiger partial charge in [-0.3, -0.25) is 9.48 Å². The van der Waals surface area contributed by atoms with Gasteiger partial charge in [-0.15, -0.1) is 0 Å². The molecular weight excluding hydrogens is 282 g/mol. The van der Waals surface area contributed by atoms with Gasteiger partial charge >= 0.3 is 0 Å². The Morgan fingerprint density at radius 1 is 1.55 bits per heavy atom. The zero-order valence-corrected chi connectivity index (χ0v) is 13.6. The van der Waals surface area contributed by atoms with Crippen molar-refractivity contribution in [3.05, 3.63) is 18.0 Å². The third-order valence-electron chi connectivity index (χ3n) is 4.51. The number of rotatable bonds is 3. The predicted octanol–water partition coefficient (Wildman–Crippen LogP) is 1.87. The lowest BCUT2D eigenvalue weighted by Gasteiger charge is -2.43. The van der Waals surface area contributed by atoms with Crippen molar-refractivity contribution in [2.24, 2.45) is 0 Å². The lowest BCUT2D eigenvalue weighted by Crippen LogP contribution is -2.57. The van der Waals surface area contributed by atoms with Gasteiger partial charge in [-0.2, -0.15) is 5.10 Å². The Kier molecular flexibility index (Phi) is 4.23. The van der Waals surface area contributed by atoms with Gasteiger partial charge < -0.3 is 14.4 Å². The number of aromatic nitrogens is 2. The van der Waals surface area contributed by atoms with Gasteiger partial charge in [0, 0.05) is 31.8 Å². The minimum absolute atomic E-state index is 0.0409. The molecule has 2 saturated heterocycles. The molecule has 122 valence electrons. The van der Waals surface area contributed by atoms with Gasteiger partial charge in [0.25, 0.3) is 5.91 Å². The zero-order valence-electron chi connectivity index (χ0n) is 13.6. The van der Waals surface area contributed by atoms with E-state index in [4.69, 9.17) is 9.47 Å². The molecule has 1 spiro atoms. The lowest BCUT2D eigenvalue weighted by molar-refractivity contribution is -0.145. The quantitative estimate of drug-likeness (QED) is 0.855. The molecule has 2 fully saturated rings. The molecule has 6 nitrogen and oxygen atoms in total. The van der Waals surface area contributed by atoms with Crippen LogP contribution in [0, 0.1) is 0 Å². The highest BCUT2D eigenvalue weighted by Crippen LogP contribution is 2.31. The van der Waals surface area contributed by atoms with Gasteiger partial charge in [-0.1, -0.05) is 6.92 Å². The van der Waals surface area contributed by atoms with Crippen LogP contribution in [-0.4, -0.2) is 58.6 Å². The largest absolute Gasteiger partial charge is 0.378 e. The molecule has 0 radical (unpaired) electrons. The Morgan fingerprint density at radius 3 is 3.00 bits per heavy atom. The summed E-state index contributed by atoms with van der Waals surface area (Å²) in [4.78, 5) is 14.9. The number of hydrogen-bond acceptors (Lipinski definition) is 4. The van der Waals surface area contributed by atoms with Gasteiger partial charge in [0.05, 0.1) is 19.3 Å². The van der Waals surface area contributed by atoms with E-state index in [0.29, 0.717) is 32.0 Å². The molecule has 1 amide bonds. The Hall–Kier alpha value is -1.40. The molecule has 22 heavy (non-hydrogen) atoms. The van der Waals surface area contributed by atoms with Crippen LogP contribution in [0.2, 0.25) is 0 Å². The first-order valence-electron chi connectivity index (χ1n) is 8.13. The van der Waals surface area contributed by atoms with Crippen LogP contribution in [0.25, 0.3) is 0 Å². The summed E-state index contributed by atoms with van der Waals surface area (Å²) in [5, 5.41) is 4.27. The van der Waals surface area contributed by atoms with E-state index in [1.807, 2.05) is 18.7 Å². The highest BCUT2D eigenvalue weighted by molar-refractivity contribution is 5.92. The first-order chi connectivity index (χ1) is 10.5. The fourth-order valence-corrected chi connectivity index (χ4v) is 3.32. The van der Waals surface area contributed by atoms with E-state index in [-0.39, 0.29) is 23.7 Å². The number of carbonyl (C=O) groups excluding carboxylic acids is 1. The smallest absolute Gasteiger partial charge is 0.272 e. The summed E-state index contributed by atoms with van der Waals surface area (Å²) in [6, 6.07) is 1.97. The molecular formula is C16H25N3O3. The molecule has 0 bridgehead atoms. The van der Waals surface area contributed by atoms with Crippen molar-refractivity contribution in [1.82, 2.24) is 14.7 Å². The van der Waals surface area contributed by atoms with Crippen LogP contribution in [0.1, 0.15) is 50.1 Å². The molecule has 1 aromatic rings. The molecule has 0 N–H and O–H groups in total. The average Bonchev–Trinajstić information content (AvgIpc) is 3.15. The van der Waals surface area contributed by atoms with E-state index in [2.05, 4.69) is 12.0 Å². The minimum atomic E-state index is -0.322. The monoisotopic (exact) mass is 307 g/mol. The summed E-state index contributed by atoms with van der Waals surface area (Å²) in [6.45, 7) is 8.69. The maximum absolute atomic E-state index is 13.0. The zero-order chi connectivity index (χ0) is 15.7. The topological polar surface area (TPSA) is 56.6 Å². The van der Waals surface area contributed by atoms with Gasteiger partial charge in [0.15, 0.2) is 0 Å². The number of nitrogens with zero attached hydrogens (tertiary/aromatic N) is 3. The summed E-state index contributed by atoms with van der Waals surface area (Å²) in [5.74, 6) is 0.0409. The van der Waals surface area contributed by atoms with Crippen molar-refractivity contribution >= 4 is 5.91 Å². The van der Waals surface area contributed by atoms with Crippen LogP contribution in [-0.2, 0) is 9.47 Å². The summed E-state index contributed by atoms with van der Waals surface area (Å²) in [5.41, 5.74) is 0.331. The summed E-state index contributed by atoms with van der Waals surface area (Å²) in [7, 11) is 0. The molecule has 3 heterocycles. The van der Waals surface area contributed by atoms with Crippen LogP contribution in [0.15, 0.2) is 12.3 Å². The molecule has 1 aromatic heterocycles. The second kappa shape index (κ2) is 6.01. The fraction of sp³-hybridized carbons (Fsp3) is 0.750. The van der Waals surface area contributed by atoms with Gasteiger partial charge in [-0.05, 0) is 26.3 Å². The molecule has 3 rings (SSSR count). The highest BCUT2D eigenvalue weighted by Gasteiger charge is 2.45. The van der Waals surface area contributed by atoms with E-state index in [0.717, 1.165) is 12.8 Å². The summed E-state index contributed by atoms with van der Waals surface area (Å²) >= 11 is 0. The fourth-order valence-electron chi connectivity index (χ4n) is 3.32. The van der Waals surface area contributed by atoms with Gasteiger partial charge in [0.1, 0.15) is 11.3 Å². The van der Waals surface area contributed by atoms with E-state index in [1.165, 1.54) is 0 Å². The molecule has 0 saturated carbocycles. The van der Waals surface area contributed by atoms with E-state index in [9.17, 15) is 4.79 Å². The predicted molar refractivity (Wildman–Crippen MR) is 81.8 cm³/mol. The number of ether oxygens (including phenoxy) is 2. The Balaban J connectivity index is 1.83. The number of hydrogen-bond donors (Lipinski definition) is 0. The maximum atomic E-state index is 13.0. The third-order valence-corrected chi connectivity index (χ3v) is 4.51. The molecule has 0 aliphatic carbocycles. The SMILES string of the molecule is CCC1CN(C(=O)c2ccnn2C(C)C)CC2(CCOC2)O1. The molecule has 6 heteroatoms. The van der Waals surface area contributed by atoms with Crippen LogP contribution in [0.5, 0.6) is 0 Å². The Labute approximate surface area is 131 Å². The molecule has 2 unspecified atom stereocenters. The van der Waals surface area contributed by atoms with Crippen LogP contribution >= 0.6 is 0 Å². The van der Waals surface area contributed by atoms with Crippen LogP contribution in [0.3, 0.4) is 0 Å². The normalized spacial score (nSPS) is 28.7. The molecule has 2 atom stereocenters. The third kappa shape index (κ3) is 2.77. The minimum Gasteiger partial charge on any atom is -0.378 e. The second-order valence-electron chi connectivity index (χ2n) is 6.57. The average molecular weight is 307 g/mol. The molecule has 2 aliphatic rings. The maximum Gasteiger partial charge on any atom is 0.272 e. The molecule has 0 aromatic carbocycles. The number of morpholine rings is 1. The van der Waals surface area contributed by atoms with Crippen molar-refractivity contribution in [2.75, 3.05) is 26.3 Å². The Bertz CT molecular complexity index is 534. The Morgan fingerprint density at radius 2 is 2.36 bits per heavy atom. The number of amides is 1. The van der Waals surface area contributed by atoms with Gasteiger partial charge in [0.2, 0.25) is 0 Å². The van der Waals surface area contributed by atoms with Crippen molar-refractivity contribution in [3.8, 4) is 0 Å². The summed E-state index contributed by atoms with van der Waals surface area (Å²) < 4.78 is 13.5. The highest BCUT2D eigenvalue weighted by atomic mass is 16.6. The van der Waals surface area contributed by atoms with Crippen LogP contribution < -0.4 is 0 Å². The van der Waals surface area contributed by atoms with Crippen molar-refractivity contribution in [3.63, 3.8) is 0 Å². The van der Waals surface area contributed by atoms with Crippen molar-refractivity contribution in [1.29, 1.82) is 0 Å². The first kappa shape index (κ1) is 15.5.